The van der Waals surface area contributed by atoms with Gasteiger partial charge in [-0.05, 0) is 30.2 Å². The Kier molecular flexibility index (Phi) is 4.40. The summed E-state index contributed by atoms with van der Waals surface area (Å²) in [6, 6.07) is 11.3. The molecule has 7 nitrogen and oxygen atoms in total. The minimum absolute atomic E-state index is 0.0943. The van der Waals surface area contributed by atoms with Gasteiger partial charge in [-0.15, -0.1) is 0 Å². The number of carboxylic acids is 1. The summed E-state index contributed by atoms with van der Waals surface area (Å²) in [4.78, 5) is 13.8. The number of fused-ring (bicyclic) bond motifs is 1. The lowest BCUT2D eigenvalue weighted by Gasteiger charge is -2.13. The van der Waals surface area contributed by atoms with E-state index in [2.05, 4.69) is 15.8 Å². The van der Waals surface area contributed by atoms with E-state index in [-0.39, 0.29) is 16.1 Å². The third-order valence-corrected chi connectivity index (χ3v) is 5.48. The number of aryl methyl sites for hydroxylation is 1. The molecular weight excluding hydrogens is 354 g/mol. The first kappa shape index (κ1) is 17.5. The van der Waals surface area contributed by atoms with Crippen LogP contribution in [0.2, 0.25) is 0 Å². The second-order valence-electron chi connectivity index (χ2n) is 5.78. The molecule has 3 N–H and O–H groups in total. The molecule has 1 aromatic heterocycles. The van der Waals surface area contributed by atoms with E-state index in [1.165, 1.54) is 24.4 Å². The number of carboxylic acid groups (broad SMARTS) is 1. The molecule has 3 aromatic rings. The Labute approximate surface area is 149 Å². The minimum Gasteiger partial charge on any atom is -0.481 e. The number of hydrogen-bond donors (Lipinski definition) is 3. The van der Waals surface area contributed by atoms with Gasteiger partial charge < -0.3 is 10.1 Å². The zero-order valence-corrected chi connectivity index (χ0v) is 14.6. The van der Waals surface area contributed by atoms with Crippen LogP contribution in [0.15, 0.2) is 47.5 Å². The van der Waals surface area contributed by atoms with Crippen molar-refractivity contribution in [1.29, 1.82) is 5.26 Å². The molecule has 0 saturated heterocycles. The fourth-order valence-corrected chi connectivity index (χ4v) is 4.18. The molecule has 0 fully saturated rings. The first-order valence-electron chi connectivity index (χ1n) is 7.67. The van der Waals surface area contributed by atoms with E-state index in [9.17, 15) is 18.5 Å². The molecule has 3 rings (SSSR count). The highest BCUT2D eigenvalue weighted by atomic mass is 32.2. The standard InChI is InChI=1S/C18H15N3O4S/c1-11-6-7-14(18-17(11)13(9-19)10-20-18)21-26(24,25)15-5-3-2-4-12(15)8-16(22)23/h2-7,10,20-21H,8H2,1H3,(H,22,23). The number of hydrogen-bond acceptors (Lipinski definition) is 4. The summed E-state index contributed by atoms with van der Waals surface area (Å²) < 4.78 is 28.1. The van der Waals surface area contributed by atoms with Crippen molar-refractivity contribution in [2.45, 2.75) is 18.2 Å². The molecule has 0 bridgehead atoms. The molecule has 1 heterocycles. The molecular formula is C18H15N3O4S. The lowest BCUT2D eigenvalue weighted by atomic mass is 10.1. The number of sulfonamides is 1. The van der Waals surface area contributed by atoms with Crippen LogP contribution in [-0.2, 0) is 21.2 Å². The second-order valence-corrected chi connectivity index (χ2v) is 7.43. The van der Waals surface area contributed by atoms with Gasteiger partial charge in [-0.1, -0.05) is 24.3 Å². The van der Waals surface area contributed by atoms with Crippen molar-refractivity contribution < 1.29 is 18.3 Å². The number of benzene rings is 2. The van der Waals surface area contributed by atoms with Crippen molar-refractivity contribution in [3.63, 3.8) is 0 Å². The van der Waals surface area contributed by atoms with Gasteiger partial charge in [0.25, 0.3) is 10.0 Å². The predicted molar refractivity (Wildman–Crippen MR) is 96.3 cm³/mol. The molecule has 0 unspecified atom stereocenters. The van der Waals surface area contributed by atoms with Crippen LogP contribution < -0.4 is 4.72 Å². The summed E-state index contributed by atoms with van der Waals surface area (Å²) in [6.07, 6.45) is 1.12. The number of nitrogens with one attached hydrogen (secondary N) is 2. The first-order chi connectivity index (χ1) is 12.3. The maximum absolute atomic E-state index is 12.8. The molecule has 0 aliphatic heterocycles. The zero-order valence-electron chi connectivity index (χ0n) is 13.8. The van der Waals surface area contributed by atoms with Crippen LogP contribution >= 0.6 is 0 Å². The lowest BCUT2D eigenvalue weighted by molar-refractivity contribution is -0.136. The number of aliphatic carboxylic acids is 1. The second kappa shape index (κ2) is 6.54. The number of aromatic amines is 1. The lowest BCUT2D eigenvalue weighted by Crippen LogP contribution is -2.16. The molecule has 0 atom stereocenters. The van der Waals surface area contributed by atoms with Crippen LogP contribution in [0.5, 0.6) is 0 Å². The van der Waals surface area contributed by atoms with E-state index in [0.717, 1.165) is 5.56 Å². The smallest absolute Gasteiger partial charge is 0.307 e. The number of nitrogens with zero attached hydrogens (tertiary/aromatic N) is 1. The van der Waals surface area contributed by atoms with Gasteiger partial charge in [0.05, 0.1) is 28.1 Å². The van der Waals surface area contributed by atoms with Crippen LogP contribution in [0.3, 0.4) is 0 Å². The Morgan fingerprint density at radius 1 is 1.27 bits per heavy atom. The molecule has 0 saturated carbocycles. The van der Waals surface area contributed by atoms with Gasteiger partial charge in [0, 0.05) is 11.6 Å². The Balaban J connectivity index is 2.09. The number of carbonyl (C=O) groups is 1. The predicted octanol–water partition coefficient (Wildman–Crippen LogP) is 2.78. The van der Waals surface area contributed by atoms with Crippen LogP contribution in [0.4, 0.5) is 5.69 Å². The van der Waals surface area contributed by atoms with Gasteiger partial charge in [-0.25, -0.2) is 8.42 Å². The van der Waals surface area contributed by atoms with E-state index in [4.69, 9.17) is 5.11 Å². The Bertz CT molecular complexity index is 1160. The van der Waals surface area contributed by atoms with E-state index >= 15 is 0 Å². The van der Waals surface area contributed by atoms with Gasteiger partial charge in [0.1, 0.15) is 6.07 Å². The summed E-state index contributed by atoms with van der Waals surface area (Å²) >= 11 is 0. The zero-order chi connectivity index (χ0) is 18.9. The average molecular weight is 369 g/mol. The van der Waals surface area contributed by atoms with Crippen molar-refractivity contribution in [3.05, 3.63) is 59.3 Å². The van der Waals surface area contributed by atoms with Gasteiger partial charge in [-0.2, -0.15) is 5.26 Å². The van der Waals surface area contributed by atoms with Crippen LogP contribution in [0.25, 0.3) is 10.9 Å². The quantitative estimate of drug-likeness (QED) is 0.638. The summed E-state index contributed by atoms with van der Waals surface area (Å²) in [5.74, 6) is -1.12. The highest BCUT2D eigenvalue weighted by Gasteiger charge is 2.21. The highest BCUT2D eigenvalue weighted by molar-refractivity contribution is 7.92. The third-order valence-electron chi connectivity index (χ3n) is 4.01. The fraction of sp³-hybridized carbons (Fsp3) is 0.111. The van der Waals surface area contributed by atoms with Gasteiger partial charge in [0.2, 0.25) is 0 Å². The number of H-pyrrole nitrogens is 1. The minimum atomic E-state index is -4.01. The number of nitriles is 1. The van der Waals surface area contributed by atoms with E-state index in [1.54, 1.807) is 18.2 Å². The monoisotopic (exact) mass is 369 g/mol. The summed E-state index contributed by atoms with van der Waals surface area (Å²) in [5.41, 5.74) is 2.25. The van der Waals surface area contributed by atoms with Gasteiger partial charge in [0.15, 0.2) is 0 Å². The Hall–Kier alpha value is -3.31. The summed E-state index contributed by atoms with van der Waals surface area (Å²) in [7, 11) is -4.01. The largest absolute Gasteiger partial charge is 0.481 e. The number of aromatic nitrogens is 1. The van der Waals surface area contributed by atoms with Crippen molar-refractivity contribution in [3.8, 4) is 6.07 Å². The third kappa shape index (κ3) is 3.12. The van der Waals surface area contributed by atoms with E-state index in [1.807, 2.05) is 6.92 Å². The van der Waals surface area contributed by atoms with Crippen LogP contribution in [-0.4, -0.2) is 24.5 Å². The molecule has 0 aliphatic rings. The van der Waals surface area contributed by atoms with Crippen molar-refractivity contribution in [1.82, 2.24) is 4.98 Å². The van der Waals surface area contributed by atoms with E-state index in [0.29, 0.717) is 16.5 Å². The van der Waals surface area contributed by atoms with Crippen molar-refractivity contribution >= 4 is 32.6 Å². The molecule has 2 aromatic carbocycles. The number of anilines is 1. The maximum Gasteiger partial charge on any atom is 0.307 e. The summed E-state index contributed by atoms with van der Waals surface area (Å²) in [5, 5.41) is 18.8. The van der Waals surface area contributed by atoms with Gasteiger partial charge >= 0.3 is 5.97 Å². The fourth-order valence-electron chi connectivity index (χ4n) is 2.87. The molecule has 26 heavy (non-hydrogen) atoms. The summed E-state index contributed by atoms with van der Waals surface area (Å²) in [6.45, 7) is 1.83. The Morgan fingerprint density at radius 3 is 2.69 bits per heavy atom. The molecule has 0 aliphatic carbocycles. The first-order valence-corrected chi connectivity index (χ1v) is 9.15. The average Bonchev–Trinajstić information content (AvgIpc) is 3.02. The molecule has 8 heteroatoms. The SMILES string of the molecule is Cc1ccc(NS(=O)(=O)c2ccccc2CC(=O)O)c2[nH]cc(C#N)c12. The maximum atomic E-state index is 12.8. The Morgan fingerprint density at radius 2 is 2.00 bits per heavy atom. The molecule has 0 amide bonds. The molecule has 0 spiro atoms. The van der Waals surface area contributed by atoms with Gasteiger partial charge in [-0.3, -0.25) is 9.52 Å². The normalized spacial score (nSPS) is 11.2. The van der Waals surface area contributed by atoms with Crippen molar-refractivity contribution in [2.24, 2.45) is 0 Å². The molecule has 0 radical (unpaired) electrons. The van der Waals surface area contributed by atoms with E-state index < -0.39 is 22.4 Å². The highest BCUT2D eigenvalue weighted by Crippen LogP contribution is 2.30. The van der Waals surface area contributed by atoms with Crippen LogP contribution in [0.1, 0.15) is 16.7 Å². The number of rotatable bonds is 5. The van der Waals surface area contributed by atoms with Crippen molar-refractivity contribution in [2.75, 3.05) is 4.72 Å². The van der Waals surface area contributed by atoms with Crippen LogP contribution in [0, 0.1) is 18.3 Å². The topological polar surface area (TPSA) is 123 Å². The molecule has 132 valence electrons.